The largest absolute Gasteiger partial charge is 0.143 e. The number of hydrogen-bond acceptors (Lipinski definition) is 2. The number of thiophene rings is 2. The molecular formula is C24H20S2. The molecule has 0 nitrogen and oxygen atoms in total. The SMILES string of the molecule is CCCc1ccc(-c2ccc(C#Cc3sc4ccsc4c3C)cc2)cc1. The van der Waals surface area contributed by atoms with Crippen LogP contribution in [0, 0.1) is 18.8 Å². The molecule has 4 aromatic rings. The molecule has 0 unspecified atom stereocenters. The zero-order chi connectivity index (χ0) is 17.9. The quantitative estimate of drug-likeness (QED) is 0.331. The van der Waals surface area contributed by atoms with Gasteiger partial charge in [0.2, 0.25) is 0 Å². The number of aryl methyl sites for hydroxylation is 2. The molecule has 0 aliphatic rings. The van der Waals surface area contributed by atoms with Gasteiger partial charge in [-0.2, -0.15) is 0 Å². The van der Waals surface area contributed by atoms with Gasteiger partial charge in [-0.05, 0) is 59.2 Å². The van der Waals surface area contributed by atoms with Gasteiger partial charge in [-0.3, -0.25) is 0 Å². The van der Waals surface area contributed by atoms with Crippen molar-refractivity contribution in [3.63, 3.8) is 0 Å². The molecule has 0 radical (unpaired) electrons. The van der Waals surface area contributed by atoms with Crippen LogP contribution in [0.5, 0.6) is 0 Å². The van der Waals surface area contributed by atoms with E-state index in [2.05, 4.69) is 85.7 Å². The topological polar surface area (TPSA) is 0 Å². The minimum Gasteiger partial charge on any atom is -0.143 e. The van der Waals surface area contributed by atoms with Gasteiger partial charge in [0.25, 0.3) is 0 Å². The van der Waals surface area contributed by atoms with E-state index in [0.29, 0.717) is 0 Å². The number of benzene rings is 2. The smallest absolute Gasteiger partial charge is 0.0822 e. The van der Waals surface area contributed by atoms with Gasteiger partial charge in [0, 0.05) is 15.0 Å². The van der Waals surface area contributed by atoms with Crippen LogP contribution in [-0.2, 0) is 6.42 Å². The summed E-state index contributed by atoms with van der Waals surface area (Å²) in [5.74, 6) is 6.68. The molecule has 2 aromatic carbocycles. The van der Waals surface area contributed by atoms with E-state index < -0.39 is 0 Å². The predicted molar refractivity (Wildman–Crippen MR) is 116 cm³/mol. The first-order valence-electron chi connectivity index (χ1n) is 8.92. The van der Waals surface area contributed by atoms with Crippen molar-refractivity contribution in [3.8, 4) is 23.0 Å². The Morgan fingerprint density at radius 1 is 0.846 bits per heavy atom. The normalized spacial score (nSPS) is 10.7. The van der Waals surface area contributed by atoms with Crippen molar-refractivity contribution < 1.29 is 0 Å². The van der Waals surface area contributed by atoms with Crippen molar-refractivity contribution in [3.05, 3.63) is 81.5 Å². The summed E-state index contributed by atoms with van der Waals surface area (Å²) < 4.78 is 2.72. The van der Waals surface area contributed by atoms with Gasteiger partial charge in [-0.1, -0.05) is 61.6 Å². The average Bonchev–Trinajstić information content (AvgIpc) is 3.25. The van der Waals surface area contributed by atoms with E-state index in [1.807, 2.05) is 0 Å². The third kappa shape index (κ3) is 3.46. The molecule has 2 aromatic heterocycles. The highest BCUT2D eigenvalue weighted by Gasteiger charge is 2.07. The van der Waals surface area contributed by atoms with Crippen molar-refractivity contribution in [2.75, 3.05) is 0 Å². The molecule has 0 aliphatic heterocycles. The van der Waals surface area contributed by atoms with Crippen LogP contribution in [0.3, 0.4) is 0 Å². The molecule has 0 amide bonds. The Labute approximate surface area is 163 Å². The molecule has 26 heavy (non-hydrogen) atoms. The summed E-state index contributed by atoms with van der Waals surface area (Å²) in [6.07, 6.45) is 2.34. The van der Waals surface area contributed by atoms with E-state index in [9.17, 15) is 0 Å². The maximum absolute atomic E-state index is 3.36. The fourth-order valence-corrected chi connectivity index (χ4v) is 5.27. The minimum atomic E-state index is 1.06. The Morgan fingerprint density at radius 2 is 1.54 bits per heavy atom. The number of fused-ring (bicyclic) bond motifs is 1. The Kier molecular flexibility index (Phi) is 4.93. The maximum atomic E-state index is 3.36. The molecule has 0 saturated heterocycles. The zero-order valence-electron chi connectivity index (χ0n) is 15.0. The van der Waals surface area contributed by atoms with Crippen molar-refractivity contribution in [2.24, 2.45) is 0 Å². The summed E-state index contributed by atoms with van der Waals surface area (Å²) in [7, 11) is 0. The highest BCUT2D eigenvalue weighted by atomic mass is 32.1. The first-order chi connectivity index (χ1) is 12.7. The second-order valence-corrected chi connectivity index (χ2v) is 8.41. The molecule has 2 heterocycles. The molecule has 0 atom stereocenters. The first kappa shape index (κ1) is 17.1. The van der Waals surface area contributed by atoms with Gasteiger partial charge in [-0.25, -0.2) is 0 Å². The lowest BCUT2D eigenvalue weighted by Crippen LogP contribution is -1.84. The zero-order valence-corrected chi connectivity index (χ0v) is 16.6. The van der Waals surface area contributed by atoms with Crippen LogP contribution in [0.2, 0.25) is 0 Å². The first-order valence-corrected chi connectivity index (χ1v) is 10.6. The summed E-state index contributed by atoms with van der Waals surface area (Å²) in [6, 6.07) is 19.7. The summed E-state index contributed by atoms with van der Waals surface area (Å²) >= 11 is 3.59. The van der Waals surface area contributed by atoms with Crippen LogP contribution in [0.15, 0.2) is 60.0 Å². The van der Waals surface area contributed by atoms with Crippen molar-refractivity contribution in [1.29, 1.82) is 0 Å². The second-order valence-electron chi connectivity index (χ2n) is 6.44. The summed E-state index contributed by atoms with van der Waals surface area (Å²) in [4.78, 5) is 1.18. The van der Waals surface area contributed by atoms with Gasteiger partial charge in [-0.15, -0.1) is 22.7 Å². The monoisotopic (exact) mass is 372 g/mol. The molecule has 0 N–H and O–H groups in total. The lowest BCUT2D eigenvalue weighted by Gasteiger charge is -2.04. The summed E-state index contributed by atoms with van der Waals surface area (Å²) in [6.45, 7) is 4.39. The third-order valence-corrected chi connectivity index (χ3v) is 6.89. The van der Waals surface area contributed by atoms with Crippen LogP contribution >= 0.6 is 22.7 Å². The molecule has 0 bridgehead atoms. The Morgan fingerprint density at radius 3 is 2.19 bits per heavy atom. The molecule has 2 heteroatoms. The Balaban J connectivity index is 1.54. The van der Waals surface area contributed by atoms with Crippen molar-refractivity contribution in [1.82, 2.24) is 0 Å². The van der Waals surface area contributed by atoms with Gasteiger partial charge < -0.3 is 0 Å². The number of rotatable bonds is 3. The molecule has 0 fully saturated rings. The molecule has 0 saturated carbocycles. The molecule has 128 valence electrons. The molecule has 4 rings (SSSR count). The molecule has 0 spiro atoms. The van der Waals surface area contributed by atoms with E-state index in [4.69, 9.17) is 0 Å². The van der Waals surface area contributed by atoms with Crippen molar-refractivity contribution in [2.45, 2.75) is 26.7 Å². The van der Waals surface area contributed by atoms with E-state index in [0.717, 1.165) is 12.0 Å². The van der Waals surface area contributed by atoms with Gasteiger partial charge >= 0.3 is 0 Å². The second kappa shape index (κ2) is 7.50. The molecular weight excluding hydrogens is 352 g/mol. The van der Waals surface area contributed by atoms with Gasteiger partial charge in [0.15, 0.2) is 0 Å². The number of hydrogen-bond donors (Lipinski definition) is 0. The van der Waals surface area contributed by atoms with E-state index in [1.165, 1.54) is 43.0 Å². The Hall–Kier alpha value is -2.34. The van der Waals surface area contributed by atoms with E-state index in [-0.39, 0.29) is 0 Å². The van der Waals surface area contributed by atoms with Crippen LogP contribution in [0.1, 0.15) is 34.9 Å². The van der Waals surface area contributed by atoms with Crippen LogP contribution < -0.4 is 0 Å². The van der Waals surface area contributed by atoms with E-state index in [1.54, 1.807) is 22.7 Å². The van der Waals surface area contributed by atoms with Crippen molar-refractivity contribution >= 4 is 32.1 Å². The van der Waals surface area contributed by atoms with Crippen LogP contribution in [-0.4, -0.2) is 0 Å². The summed E-state index contributed by atoms with van der Waals surface area (Å²) in [5.41, 5.74) is 6.29. The van der Waals surface area contributed by atoms with Crippen LogP contribution in [0.4, 0.5) is 0 Å². The highest BCUT2D eigenvalue weighted by Crippen LogP contribution is 2.34. The van der Waals surface area contributed by atoms with E-state index >= 15 is 0 Å². The standard InChI is InChI=1S/C24H20S2/c1-3-4-18-5-10-20(11-6-18)21-12-7-19(8-13-21)9-14-22-17(2)24-23(26-22)15-16-25-24/h5-8,10-13,15-16H,3-4H2,1-2H3. The summed E-state index contributed by atoms with van der Waals surface area (Å²) in [5, 5.41) is 2.15. The average molecular weight is 373 g/mol. The lowest BCUT2D eigenvalue weighted by molar-refractivity contribution is 0.922. The predicted octanol–water partition coefficient (Wildman–Crippen LogP) is 7.29. The van der Waals surface area contributed by atoms with Gasteiger partial charge in [0.05, 0.1) is 4.88 Å². The third-order valence-electron chi connectivity index (χ3n) is 4.55. The fourth-order valence-electron chi connectivity index (χ4n) is 3.09. The lowest BCUT2D eigenvalue weighted by atomic mass is 10.0. The fraction of sp³-hybridized carbons (Fsp3) is 0.167. The van der Waals surface area contributed by atoms with Crippen LogP contribution in [0.25, 0.3) is 20.5 Å². The maximum Gasteiger partial charge on any atom is 0.0822 e. The Bertz CT molecular complexity index is 1080. The highest BCUT2D eigenvalue weighted by molar-refractivity contribution is 7.27. The minimum absolute atomic E-state index is 1.06. The molecule has 0 aliphatic carbocycles. The van der Waals surface area contributed by atoms with Gasteiger partial charge in [0.1, 0.15) is 0 Å².